The Hall–Kier alpha value is -6.32. The molecule has 4 aliphatic heterocycles. The molecule has 8 rings (SSSR count). The SMILES string of the molecule is CC[C@H](C)[C@@H]1NC(=O)[C@H](CC(C)C)N(C)C(=O)C[C@@H](C(=O)N2CCCCC2)N(C)C(=O)[C@H](C2CCCCC2)N(C)C(=O)C2(CCCC2)NC(=O)[C@H](CC2CNCC(C)C2)N(C)C(=O)[C@H](CCC2CCC(C(F)(F)F)C(Cl)C2)NC(=O)CN(C)C(=O)[C@H](CC2CCCCC2)N(C)C(=O)[C@@H]2CCN2C(=O)[C@H](C)N(C)C1=O. The van der Waals surface area contributed by atoms with Crippen molar-refractivity contribution in [2.45, 2.75) is 299 Å². The Balaban J connectivity index is 1.21. The van der Waals surface area contributed by atoms with E-state index in [4.69, 9.17) is 11.6 Å². The summed E-state index contributed by atoms with van der Waals surface area (Å²) in [5, 5.41) is 11.3. The van der Waals surface area contributed by atoms with Crippen LogP contribution in [0.4, 0.5) is 13.2 Å². The van der Waals surface area contributed by atoms with E-state index in [1.54, 1.807) is 25.8 Å². The number of piperidine rings is 2. The summed E-state index contributed by atoms with van der Waals surface area (Å²) >= 11 is 6.50. The van der Waals surface area contributed by atoms with Crippen LogP contribution in [0.5, 0.6) is 0 Å². The van der Waals surface area contributed by atoms with E-state index in [2.05, 4.69) is 28.2 Å². The third-order valence-electron chi connectivity index (χ3n) is 26.2. The minimum absolute atomic E-state index is 0.00994. The summed E-state index contributed by atoms with van der Waals surface area (Å²) in [6.45, 7) is 12.6. The molecule has 4 saturated carbocycles. The van der Waals surface area contributed by atoms with Crippen LogP contribution in [0.1, 0.15) is 228 Å². The van der Waals surface area contributed by atoms with Gasteiger partial charge in [0.05, 0.1) is 18.9 Å². The van der Waals surface area contributed by atoms with Crippen LogP contribution in [0.2, 0.25) is 0 Å². The summed E-state index contributed by atoms with van der Waals surface area (Å²) in [6.07, 6.45) is 8.25. The number of nitrogens with one attached hydrogen (secondary N) is 4. The van der Waals surface area contributed by atoms with Gasteiger partial charge in [0.1, 0.15) is 59.9 Å². The van der Waals surface area contributed by atoms with Crippen molar-refractivity contribution in [1.82, 2.24) is 65.4 Å². The number of carbonyl (C=O) groups is 12. The molecule has 8 aliphatic rings. The Morgan fingerprint density at radius 1 is 0.578 bits per heavy atom. The maximum atomic E-state index is 16.1. The van der Waals surface area contributed by atoms with Crippen molar-refractivity contribution in [3.8, 4) is 0 Å². The Bertz CT molecular complexity index is 3180. The van der Waals surface area contributed by atoms with Gasteiger partial charge in [-0.3, -0.25) is 57.5 Å². The van der Waals surface area contributed by atoms with E-state index in [1.165, 1.54) is 81.5 Å². The summed E-state index contributed by atoms with van der Waals surface area (Å²) < 4.78 is 42.6. The monoisotopic (exact) mass is 1560 g/mol. The molecule has 29 heteroatoms. The van der Waals surface area contributed by atoms with Crippen LogP contribution in [0.25, 0.3) is 0 Å². The van der Waals surface area contributed by atoms with Crippen molar-refractivity contribution in [2.75, 3.05) is 88.6 Å². The van der Waals surface area contributed by atoms with E-state index in [9.17, 15) is 22.8 Å². The van der Waals surface area contributed by atoms with Crippen LogP contribution < -0.4 is 21.3 Å². The lowest BCUT2D eigenvalue weighted by Gasteiger charge is -2.45. The van der Waals surface area contributed by atoms with E-state index in [0.29, 0.717) is 77.5 Å². The number of likely N-dealkylation sites (N-methyl/N-ethyl adjacent to an activating group) is 7. The molecule has 12 amide bonds. The van der Waals surface area contributed by atoms with Crippen LogP contribution >= 0.6 is 11.6 Å². The Labute approximate surface area is 650 Å². The first-order valence-corrected chi connectivity index (χ1v) is 41.7. The number of carbonyl (C=O) groups excluding carboxylic acids is 12. The summed E-state index contributed by atoms with van der Waals surface area (Å²) in [6, 6.07) is -11.0. The fourth-order valence-electron chi connectivity index (χ4n) is 18.8. The molecule has 616 valence electrons. The molecule has 109 heavy (non-hydrogen) atoms. The molecule has 4 saturated heterocycles. The number of fused-ring (bicyclic) bond motifs is 1. The Morgan fingerprint density at radius 2 is 1.19 bits per heavy atom. The largest absolute Gasteiger partial charge is 0.393 e. The third-order valence-corrected chi connectivity index (χ3v) is 26.7. The average molecular weight is 1560 g/mol. The smallest absolute Gasteiger partial charge is 0.343 e. The van der Waals surface area contributed by atoms with Gasteiger partial charge in [-0.1, -0.05) is 105 Å². The Kier molecular flexibility index (Phi) is 31.9. The molecule has 0 aromatic rings. The van der Waals surface area contributed by atoms with Gasteiger partial charge in [-0.2, -0.15) is 13.2 Å². The highest BCUT2D eigenvalue weighted by atomic mass is 35.5. The molecule has 0 aromatic carbocycles. The number of nitrogens with zero attached hydrogens (tertiary/aromatic N) is 9. The van der Waals surface area contributed by atoms with Gasteiger partial charge in [-0.15, -0.1) is 11.6 Å². The topological polar surface area (TPSA) is 282 Å². The maximum Gasteiger partial charge on any atom is 0.393 e. The van der Waals surface area contributed by atoms with Gasteiger partial charge >= 0.3 is 6.18 Å². The molecule has 5 unspecified atom stereocenters. The van der Waals surface area contributed by atoms with Crippen molar-refractivity contribution >= 4 is 82.5 Å². The molecule has 25 nitrogen and oxygen atoms in total. The lowest BCUT2D eigenvalue weighted by molar-refractivity contribution is -0.182. The van der Waals surface area contributed by atoms with Crippen molar-refractivity contribution in [1.29, 1.82) is 0 Å². The van der Waals surface area contributed by atoms with Gasteiger partial charge in [-0.25, -0.2) is 0 Å². The molecule has 8 fully saturated rings. The highest BCUT2D eigenvalue weighted by Crippen LogP contribution is 2.44. The minimum atomic E-state index is -4.52. The van der Waals surface area contributed by atoms with Crippen molar-refractivity contribution in [3.63, 3.8) is 0 Å². The fourth-order valence-corrected chi connectivity index (χ4v) is 19.3. The maximum absolute atomic E-state index is 16.1. The highest BCUT2D eigenvalue weighted by Gasteiger charge is 2.53. The molecular weight excluding hydrogens is 1430 g/mol. The molecule has 0 aromatic heterocycles. The van der Waals surface area contributed by atoms with Gasteiger partial charge in [-0.05, 0) is 171 Å². The van der Waals surface area contributed by atoms with Crippen molar-refractivity contribution < 1.29 is 70.7 Å². The number of hydrogen-bond acceptors (Lipinski definition) is 13. The first-order chi connectivity index (χ1) is 51.5. The first kappa shape index (κ1) is 88.2. The van der Waals surface area contributed by atoms with E-state index in [1.807, 2.05) is 20.8 Å². The molecule has 4 heterocycles. The zero-order valence-corrected chi connectivity index (χ0v) is 68.3. The predicted molar refractivity (Wildman–Crippen MR) is 408 cm³/mol. The number of rotatable bonds is 13. The predicted octanol–water partition coefficient (Wildman–Crippen LogP) is 7.49. The molecule has 0 radical (unpaired) electrons. The number of likely N-dealkylation sites (tertiary alicyclic amines) is 1. The summed E-state index contributed by atoms with van der Waals surface area (Å²) in [5.41, 5.74) is -1.60. The first-order valence-electron chi connectivity index (χ1n) is 41.3. The average Bonchev–Trinajstić information content (AvgIpc) is 1.77. The number of amides is 12. The van der Waals surface area contributed by atoms with Gasteiger partial charge in [0.2, 0.25) is 70.9 Å². The van der Waals surface area contributed by atoms with Crippen LogP contribution in [-0.2, 0) is 57.5 Å². The molecule has 1 spiro atoms. The molecule has 0 bridgehead atoms. The van der Waals surface area contributed by atoms with E-state index < -0.39 is 173 Å². The summed E-state index contributed by atoms with van der Waals surface area (Å²) in [5.74, 6) is -10.4. The summed E-state index contributed by atoms with van der Waals surface area (Å²) in [4.78, 5) is 197. The fraction of sp³-hybridized carbons (Fsp3) is 0.850. The number of hydrogen-bond donors (Lipinski definition) is 4. The zero-order chi connectivity index (χ0) is 80.1. The lowest BCUT2D eigenvalue weighted by atomic mass is 9.78. The van der Waals surface area contributed by atoms with Gasteiger partial charge in [0.15, 0.2) is 0 Å². The zero-order valence-electron chi connectivity index (χ0n) is 67.6. The Morgan fingerprint density at radius 3 is 1.78 bits per heavy atom. The quantitative estimate of drug-likeness (QED) is 0.130. The molecule has 4 aliphatic carbocycles. The van der Waals surface area contributed by atoms with E-state index >= 15 is 47.9 Å². The van der Waals surface area contributed by atoms with Crippen LogP contribution in [0.15, 0.2) is 0 Å². The van der Waals surface area contributed by atoms with E-state index in [-0.39, 0.29) is 107 Å². The standard InChI is InChI=1S/C80H131ClF3N13O12/c1-14-51(5)67-76(107)90(8)52(6)71(102)97-39-34-60(97)74(105)93(11)63(43-53-26-18-15-19-27-53)73(104)89(7)48-65(98)86-59(33-31-54-30-32-57(58(81)42-54)80(82,83)84)72(103)92(10)62(44-55-41-50(4)46-85-47-55)70(101)88-79(35-22-23-36-79)78(109)95(13)68(56-28-20-16-21-29-56)77(108)94(12)64(75(106)96-37-24-17-25-38-96)45-66(99)91(9)61(40-49(2)3)69(100)87-67/h49-64,67-68,85H,14-48H2,1-13H3,(H,86,98)(H,87,100)(H,88,101)/t50?,51-,52-,54?,55?,57?,58?,59-,60-,61-,62-,63-,64-,67-,68-/m0/s1. The molecular formula is C80H131ClF3N13O12. The van der Waals surface area contributed by atoms with Crippen LogP contribution in [-0.4, -0.2) is 275 Å². The molecule has 15 atom stereocenters. The lowest BCUT2D eigenvalue weighted by Crippen LogP contribution is -2.66. The third kappa shape index (κ3) is 21.9. The van der Waals surface area contributed by atoms with Gasteiger partial charge < -0.3 is 65.4 Å². The summed E-state index contributed by atoms with van der Waals surface area (Å²) in [7, 11) is 10.4. The minimum Gasteiger partial charge on any atom is -0.343 e. The van der Waals surface area contributed by atoms with Gasteiger partial charge in [0, 0.05) is 74.3 Å². The second-order valence-electron chi connectivity index (χ2n) is 34.6. The number of alkyl halides is 4. The van der Waals surface area contributed by atoms with Gasteiger partial charge in [0.25, 0.3) is 0 Å². The van der Waals surface area contributed by atoms with Crippen molar-refractivity contribution in [2.24, 2.45) is 47.3 Å². The van der Waals surface area contributed by atoms with E-state index in [0.717, 1.165) is 57.8 Å². The highest BCUT2D eigenvalue weighted by molar-refractivity contribution is 6.21. The normalized spacial score (nSPS) is 32.1. The number of halogens is 4. The van der Waals surface area contributed by atoms with Crippen LogP contribution in [0, 0.1) is 47.3 Å². The second-order valence-corrected chi connectivity index (χ2v) is 35.1. The van der Waals surface area contributed by atoms with Crippen molar-refractivity contribution in [3.05, 3.63) is 0 Å². The van der Waals surface area contributed by atoms with Crippen LogP contribution in [0.3, 0.4) is 0 Å². The second kappa shape index (κ2) is 39.4. The molecule has 4 N–H and O–H groups in total.